The van der Waals surface area contributed by atoms with Crippen LogP contribution in [0.3, 0.4) is 0 Å². The third-order valence-electron chi connectivity index (χ3n) is 7.54. The quantitative estimate of drug-likeness (QED) is 0.343. The van der Waals surface area contributed by atoms with Crippen molar-refractivity contribution in [1.29, 1.82) is 0 Å². The van der Waals surface area contributed by atoms with Crippen LogP contribution in [0.1, 0.15) is 54.5 Å². The largest absolute Gasteiger partial charge is 0.480 e. The van der Waals surface area contributed by atoms with Crippen molar-refractivity contribution in [1.82, 2.24) is 19.8 Å². The second-order valence-electron chi connectivity index (χ2n) is 12.3. The molecule has 16 heteroatoms. The van der Waals surface area contributed by atoms with Gasteiger partial charge in [-0.1, -0.05) is 0 Å². The Hall–Kier alpha value is -4.76. The van der Waals surface area contributed by atoms with E-state index < -0.39 is 72.3 Å². The number of anilines is 1. The minimum absolute atomic E-state index is 0.0504. The van der Waals surface area contributed by atoms with Crippen LogP contribution in [0, 0.1) is 6.92 Å². The van der Waals surface area contributed by atoms with Crippen LogP contribution in [0.4, 0.5) is 32.4 Å². The van der Waals surface area contributed by atoms with E-state index in [-0.39, 0.29) is 40.9 Å². The van der Waals surface area contributed by atoms with E-state index in [0.29, 0.717) is 5.69 Å². The number of alkyl halides is 5. The van der Waals surface area contributed by atoms with Crippen LogP contribution in [0.25, 0.3) is 10.9 Å². The number of amides is 2. The number of hydrogen-bond donors (Lipinski definition) is 2. The molecule has 0 aliphatic carbocycles. The number of aromatic nitrogens is 2. The van der Waals surface area contributed by atoms with E-state index in [4.69, 9.17) is 9.84 Å². The highest BCUT2D eigenvalue weighted by atomic mass is 19.4. The van der Waals surface area contributed by atoms with E-state index in [1.54, 1.807) is 20.8 Å². The Balaban J connectivity index is 1.55. The summed E-state index contributed by atoms with van der Waals surface area (Å²) in [6.45, 7) is 4.28. The number of nitrogens with zero attached hydrogens (tertiary/aromatic N) is 4. The fourth-order valence-electron chi connectivity index (χ4n) is 5.22. The maximum Gasteiger partial charge on any atom is 0.416 e. The number of fused-ring (bicyclic) bond motifs is 1. The average Bonchev–Trinajstić information content (AvgIpc) is 2.94. The minimum Gasteiger partial charge on any atom is -0.480 e. The molecule has 0 bridgehead atoms. The molecule has 254 valence electrons. The molecule has 0 saturated carbocycles. The minimum atomic E-state index is -4.80. The van der Waals surface area contributed by atoms with Crippen LogP contribution < -0.4 is 15.8 Å². The van der Waals surface area contributed by atoms with Crippen molar-refractivity contribution in [2.75, 3.05) is 25.0 Å². The lowest BCUT2D eigenvalue weighted by Gasteiger charge is -2.38. The Kier molecular flexibility index (Phi) is 9.56. The smallest absolute Gasteiger partial charge is 0.416 e. The molecule has 3 aromatic rings. The molecular weight excluding hydrogens is 633 g/mol. The third-order valence-corrected chi connectivity index (χ3v) is 7.54. The number of aliphatic carboxylic acids is 1. The Morgan fingerprint density at radius 1 is 1.13 bits per heavy atom. The first-order chi connectivity index (χ1) is 21.7. The van der Waals surface area contributed by atoms with E-state index in [1.165, 1.54) is 48.0 Å². The Bertz CT molecular complexity index is 1750. The summed E-state index contributed by atoms with van der Waals surface area (Å²) in [5.41, 5.74) is -2.71. The zero-order valence-electron chi connectivity index (χ0n) is 26.2. The molecule has 4 rings (SSSR count). The van der Waals surface area contributed by atoms with E-state index in [1.807, 2.05) is 0 Å². The van der Waals surface area contributed by atoms with Crippen molar-refractivity contribution >= 4 is 34.6 Å². The van der Waals surface area contributed by atoms with E-state index >= 15 is 0 Å². The van der Waals surface area contributed by atoms with Crippen molar-refractivity contribution < 1.29 is 46.2 Å². The van der Waals surface area contributed by atoms with Crippen molar-refractivity contribution in [3.63, 3.8) is 0 Å². The van der Waals surface area contributed by atoms with Crippen molar-refractivity contribution in [3.05, 3.63) is 69.3 Å². The van der Waals surface area contributed by atoms with Gasteiger partial charge in [0.25, 0.3) is 17.4 Å². The summed E-state index contributed by atoms with van der Waals surface area (Å²) >= 11 is 0. The lowest BCUT2D eigenvalue weighted by molar-refractivity contribution is -0.138. The van der Waals surface area contributed by atoms with Crippen LogP contribution in [-0.4, -0.2) is 75.2 Å². The van der Waals surface area contributed by atoms with Crippen LogP contribution in [0.5, 0.6) is 0 Å². The SMILES string of the molecule is Cc1nc2cc(C(F)(F)F)c(CN(C)c3ccc(C(=O)N4CCC(F)(F)[C@@H](NC(=O)OC(C)(C)C)C4)cc3)cc2c(=O)n1CC(=O)O. The molecule has 1 aliphatic heterocycles. The average molecular weight is 668 g/mol. The highest BCUT2D eigenvalue weighted by molar-refractivity contribution is 5.94. The normalized spacial score (nSPS) is 16.6. The fraction of sp³-hybridized carbons (Fsp3) is 0.452. The maximum atomic E-state index is 14.6. The number of hydrogen-bond acceptors (Lipinski definition) is 7. The van der Waals surface area contributed by atoms with Crippen molar-refractivity contribution in [3.8, 4) is 0 Å². The molecule has 0 radical (unpaired) electrons. The first kappa shape index (κ1) is 35.1. The molecule has 2 heterocycles. The molecule has 1 fully saturated rings. The van der Waals surface area contributed by atoms with Crippen LogP contribution in [0.15, 0.2) is 41.2 Å². The number of likely N-dealkylation sites (tertiary alicyclic amines) is 1. The van der Waals surface area contributed by atoms with Gasteiger partial charge < -0.3 is 25.0 Å². The number of carboxylic acids is 1. The second kappa shape index (κ2) is 12.8. The predicted octanol–water partition coefficient (Wildman–Crippen LogP) is 4.82. The number of piperidine rings is 1. The molecule has 1 saturated heterocycles. The first-order valence-corrected chi connectivity index (χ1v) is 14.5. The molecule has 0 spiro atoms. The van der Waals surface area contributed by atoms with Gasteiger partial charge in [-0.3, -0.25) is 19.0 Å². The Morgan fingerprint density at radius 3 is 2.34 bits per heavy atom. The highest BCUT2D eigenvalue weighted by Gasteiger charge is 2.46. The van der Waals surface area contributed by atoms with Crippen molar-refractivity contribution in [2.24, 2.45) is 0 Å². The molecule has 1 aliphatic rings. The van der Waals surface area contributed by atoms with Gasteiger partial charge in [-0.15, -0.1) is 0 Å². The Morgan fingerprint density at radius 2 is 1.77 bits per heavy atom. The summed E-state index contributed by atoms with van der Waals surface area (Å²) in [7, 11) is 1.50. The summed E-state index contributed by atoms with van der Waals surface area (Å²) in [6.07, 6.45) is -6.53. The standard InChI is InChI=1S/C31H34F5N5O6/c1-17-37-23-13-22(31(34,35)36)19(12-21(23)27(45)41(17)16-25(42)43)14-39(5)20-8-6-18(7-9-20)26(44)40-11-10-30(32,33)24(15-40)38-28(46)47-29(2,3)4/h6-9,12-13,24H,10-11,14-16H2,1-5H3,(H,38,46)(H,42,43)/t24-/m0/s1. The zero-order chi connectivity index (χ0) is 35.1. The van der Waals surface area contributed by atoms with Gasteiger partial charge in [0, 0.05) is 44.4 Å². The van der Waals surface area contributed by atoms with E-state index in [2.05, 4.69) is 10.3 Å². The third kappa shape index (κ3) is 8.16. The number of benzene rings is 2. The number of aryl methyl sites for hydroxylation is 1. The molecule has 2 amide bonds. The monoisotopic (exact) mass is 667 g/mol. The first-order valence-electron chi connectivity index (χ1n) is 14.5. The number of rotatable bonds is 7. The van der Waals surface area contributed by atoms with Gasteiger partial charge in [0.1, 0.15) is 24.0 Å². The number of ether oxygens (including phenoxy) is 1. The molecule has 1 aromatic heterocycles. The predicted molar refractivity (Wildman–Crippen MR) is 161 cm³/mol. The molecular formula is C31H34F5N5O6. The van der Waals surface area contributed by atoms with Crippen molar-refractivity contribution in [2.45, 2.75) is 70.9 Å². The van der Waals surface area contributed by atoms with Gasteiger partial charge in [0.2, 0.25) is 0 Å². The summed E-state index contributed by atoms with van der Waals surface area (Å²) in [5.74, 6) is -5.23. The molecule has 11 nitrogen and oxygen atoms in total. The summed E-state index contributed by atoms with van der Waals surface area (Å²) in [6, 6.07) is 5.87. The van der Waals surface area contributed by atoms with Crippen LogP contribution >= 0.6 is 0 Å². The number of carbonyl (C=O) groups excluding carboxylic acids is 2. The number of nitrogens with one attached hydrogen (secondary N) is 1. The topological polar surface area (TPSA) is 134 Å². The molecule has 1 atom stereocenters. The molecule has 2 aromatic carbocycles. The number of carboxylic acid groups (broad SMARTS) is 1. The number of carbonyl (C=O) groups is 3. The number of halogens is 5. The highest BCUT2D eigenvalue weighted by Crippen LogP contribution is 2.35. The number of alkyl carbamates (subject to hydrolysis) is 1. The lowest BCUT2D eigenvalue weighted by Crippen LogP contribution is -2.60. The van der Waals surface area contributed by atoms with Gasteiger partial charge in [0.05, 0.1) is 16.5 Å². The van der Waals surface area contributed by atoms with Gasteiger partial charge in [-0.25, -0.2) is 18.6 Å². The van der Waals surface area contributed by atoms with Crippen LogP contribution in [-0.2, 0) is 28.8 Å². The van der Waals surface area contributed by atoms with Gasteiger partial charge in [-0.2, -0.15) is 13.2 Å². The molecule has 47 heavy (non-hydrogen) atoms. The van der Waals surface area contributed by atoms with Crippen LogP contribution in [0.2, 0.25) is 0 Å². The fourth-order valence-corrected chi connectivity index (χ4v) is 5.22. The van der Waals surface area contributed by atoms with Gasteiger partial charge >= 0.3 is 18.2 Å². The Labute approximate surface area is 265 Å². The summed E-state index contributed by atoms with van der Waals surface area (Å²) in [4.78, 5) is 56.2. The molecule has 0 unspecified atom stereocenters. The van der Waals surface area contributed by atoms with Gasteiger partial charge in [-0.05, 0) is 69.7 Å². The van der Waals surface area contributed by atoms with E-state index in [9.17, 15) is 41.1 Å². The summed E-state index contributed by atoms with van der Waals surface area (Å²) in [5, 5.41) is 11.1. The zero-order valence-corrected chi connectivity index (χ0v) is 26.2. The maximum absolute atomic E-state index is 14.6. The van der Waals surface area contributed by atoms with E-state index in [0.717, 1.165) is 16.7 Å². The second-order valence-corrected chi connectivity index (χ2v) is 12.3. The molecule has 2 N–H and O–H groups in total. The lowest BCUT2D eigenvalue weighted by atomic mass is 10.00. The summed E-state index contributed by atoms with van der Waals surface area (Å²) < 4.78 is 77.4. The van der Waals surface area contributed by atoms with Gasteiger partial charge in [0.15, 0.2) is 0 Å².